The third-order valence-electron chi connectivity index (χ3n) is 3.41. The first-order chi connectivity index (χ1) is 7.42. The maximum absolute atomic E-state index is 9.20. The van der Waals surface area contributed by atoms with Crippen LogP contribution in [0.4, 0.5) is 0 Å². The Kier molecular flexibility index (Phi) is 3.40. The minimum Gasteiger partial charge on any atom is -0.198 e. The lowest BCUT2D eigenvalue weighted by Gasteiger charge is -2.19. The average molecular weight is 199 g/mol. The van der Waals surface area contributed by atoms with Crippen molar-refractivity contribution >= 4 is 0 Å². The second-order valence-electron chi connectivity index (χ2n) is 4.39. The number of hydrogen-bond acceptors (Lipinski definition) is 1. The van der Waals surface area contributed by atoms with Gasteiger partial charge in [-0.3, -0.25) is 0 Å². The van der Waals surface area contributed by atoms with E-state index in [1.54, 1.807) is 0 Å². The summed E-state index contributed by atoms with van der Waals surface area (Å²) < 4.78 is 0. The summed E-state index contributed by atoms with van der Waals surface area (Å²) in [4.78, 5) is 0. The van der Waals surface area contributed by atoms with Gasteiger partial charge < -0.3 is 0 Å². The molecule has 1 nitrogen and oxygen atoms in total. The van der Waals surface area contributed by atoms with Crippen LogP contribution in [0.5, 0.6) is 0 Å². The molecule has 0 radical (unpaired) electrons. The van der Waals surface area contributed by atoms with Crippen molar-refractivity contribution in [2.45, 2.75) is 38.0 Å². The van der Waals surface area contributed by atoms with Crippen LogP contribution in [-0.4, -0.2) is 0 Å². The summed E-state index contributed by atoms with van der Waals surface area (Å²) in [6.07, 6.45) is 6.05. The summed E-state index contributed by atoms with van der Waals surface area (Å²) in [7, 11) is 0. The molecule has 1 fully saturated rings. The van der Waals surface area contributed by atoms with Gasteiger partial charge in [0.1, 0.15) is 0 Å². The van der Waals surface area contributed by atoms with Gasteiger partial charge in [-0.1, -0.05) is 49.6 Å². The van der Waals surface area contributed by atoms with Crippen molar-refractivity contribution in [1.82, 2.24) is 0 Å². The third-order valence-corrected chi connectivity index (χ3v) is 3.41. The standard InChI is InChI=1S/C14H17N/c15-11-13-9-5-2-6-10-14(13)12-7-3-1-4-8-12/h1,3-4,7-8,13-14H,2,5-6,9-10H2/t13-,14+/m0/s1. The highest BCUT2D eigenvalue weighted by atomic mass is 14.3. The molecule has 0 unspecified atom stereocenters. The van der Waals surface area contributed by atoms with Crippen LogP contribution in [0.2, 0.25) is 0 Å². The van der Waals surface area contributed by atoms with E-state index in [0.29, 0.717) is 5.92 Å². The molecule has 0 aliphatic heterocycles. The molecule has 0 aromatic heterocycles. The highest BCUT2D eigenvalue weighted by molar-refractivity contribution is 5.22. The SMILES string of the molecule is N#C[C@@H]1CCCCC[C@@H]1c1ccccc1. The molecule has 0 amide bonds. The highest BCUT2D eigenvalue weighted by Gasteiger charge is 2.24. The monoisotopic (exact) mass is 199 g/mol. The van der Waals surface area contributed by atoms with Crippen molar-refractivity contribution in [3.05, 3.63) is 35.9 Å². The fraction of sp³-hybridized carbons (Fsp3) is 0.500. The second kappa shape index (κ2) is 4.98. The van der Waals surface area contributed by atoms with Crippen molar-refractivity contribution < 1.29 is 0 Å². The van der Waals surface area contributed by atoms with Gasteiger partial charge in [0.2, 0.25) is 0 Å². The predicted octanol–water partition coefficient (Wildman–Crippen LogP) is 3.87. The van der Waals surface area contributed by atoms with E-state index in [2.05, 4.69) is 30.3 Å². The molecule has 1 aromatic rings. The maximum atomic E-state index is 9.20. The molecule has 0 bridgehead atoms. The molecule has 2 atom stereocenters. The van der Waals surface area contributed by atoms with Crippen molar-refractivity contribution in [1.29, 1.82) is 5.26 Å². The van der Waals surface area contributed by atoms with Crippen molar-refractivity contribution in [3.63, 3.8) is 0 Å². The number of nitrogens with zero attached hydrogens (tertiary/aromatic N) is 1. The number of rotatable bonds is 1. The van der Waals surface area contributed by atoms with E-state index in [0.717, 1.165) is 6.42 Å². The molecule has 1 heteroatoms. The molecule has 1 aliphatic rings. The summed E-state index contributed by atoms with van der Waals surface area (Å²) >= 11 is 0. The van der Waals surface area contributed by atoms with Gasteiger partial charge in [-0.2, -0.15) is 5.26 Å². The van der Waals surface area contributed by atoms with Gasteiger partial charge in [0.25, 0.3) is 0 Å². The first-order valence-corrected chi connectivity index (χ1v) is 5.86. The van der Waals surface area contributed by atoms with Gasteiger partial charge in [-0.05, 0) is 24.3 Å². The van der Waals surface area contributed by atoms with Crippen LogP contribution < -0.4 is 0 Å². The van der Waals surface area contributed by atoms with Crippen molar-refractivity contribution in [2.75, 3.05) is 0 Å². The summed E-state index contributed by atoms with van der Waals surface area (Å²) in [5.74, 6) is 0.702. The average Bonchev–Trinajstić information content (AvgIpc) is 2.55. The lowest BCUT2D eigenvalue weighted by molar-refractivity contribution is 0.490. The Balaban J connectivity index is 2.21. The largest absolute Gasteiger partial charge is 0.198 e. The smallest absolute Gasteiger partial charge is 0.0662 e. The minimum absolute atomic E-state index is 0.231. The molecule has 0 heterocycles. The van der Waals surface area contributed by atoms with Gasteiger partial charge in [0, 0.05) is 0 Å². The molecule has 2 rings (SSSR count). The second-order valence-corrected chi connectivity index (χ2v) is 4.39. The molecule has 78 valence electrons. The van der Waals surface area contributed by atoms with E-state index in [1.807, 2.05) is 6.07 Å². The Hall–Kier alpha value is -1.29. The van der Waals surface area contributed by atoms with E-state index in [1.165, 1.54) is 31.2 Å². The van der Waals surface area contributed by atoms with Crippen LogP contribution in [0.3, 0.4) is 0 Å². The number of benzene rings is 1. The molecule has 0 N–H and O–H groups in total. The zero-order valence-electron chi connectivity index (χ0n) is 9.02. The Bertz CT molecular complexity index is 336. The quantitative estimate of drug-likeness (QED) is 0.630. The van der Waals surface area contributed by atoms with Crippen molar-refractivity contribution in [3.8, 4) is 6.07 Å². The van der Waals surface area contributed by atoms with Crippen molar-refractivity contribution in [2.24, 2.45) is 5.92 Å². The number of hydrogen-bond donors (Lipinski definition) is 0. The summed E-state index contributed by atoms with van der Waals surface area (Å²) in [5, 5.41) is 9.20. The van der Waals surface area contributed by atoms with Crippen LogP contribution in [0.25, 0.3) is 0 Å². The summed E-state index contributed by atoms with van der Waals surface area (Å²) in [6, 6.07) is 13.0. The molecule has 1 saturated carbocycles. The van der Waals surface area contributed by atoms with Crippen LogP contribution in [-0.2, 0) is 0 Å². The van der Waals surface area contributed by atoms with E-state index in [9.17, 15) is 5.26 Å². The van der Waals surface area contributed by atoms with E-state index >= 15 is 0 Å². The Labute approximate surface area is 91.7 Å². The van der Waals surface area contributed by atoms with Gasteiger partial charge in [-0.25, -0.2) is 0 Å². The van der Waals surface area contributed by atoms with E-state index in [4.69, 9.17) is 0 Å². The van der Waals surface area contributed by atoms with Crippen LogP contribution >= 0.6 is 0 Å². The Morgan fingerprint density at radius 1 is 1.00 bits per heavy atom. The fourth-order valence-electron chi connectivity index (χ4n) is 2.56. The fourth-order valence-corrected chi connectivity index (χ4v) is 2.56. The van der Waals surface area contributed by atoms with E-state index in [-0.39, 0.29) is 5.92 Å². The molecule has 15 heavy (non-hydrogen) atoms. The molecule has 1 aliphatic carbocycles. The minimum atomic E-state index is 0.231. The van der Waals surface area contributed by atoms with Gasteiger partial charge in [-0.15, -0.1) is 0 Å². The van der Waals surface area contributed by atoms with E-state index < -0.39 is 0 Å². The molecule has 0 saturated heterocycles. The maximum Gasteiger partial charge on any atom is 0.0662 e. The zero-order chi connectivity index (χ0) is 10.5. The van der Waals surface area contributed by atoms with Gasteiger partial charge in [0.15, 0.2) is 0 Å². The Morgan fingerprint density at radius 2 is 1.73 bits per heavy atom. The van der Waals surface area contributed by atoms with Crippen LogP contribution in [0.1, 0.15) is 43.6 Å². The van der Waals surface area contributed by atoms with Gasteiger partial charge in [0.05, 0.1) is 12.0 Å². The first kappa shape index (κ1) is 10.2. The van der Waals surface area contributed by atoms with Crippen LogP contribution in [0, 0.1) is 17.2 Å². The molecule has 0 spiro atoms. The first-order valence-electron chi connectivity index (χ1n) is 5.86. The molecule has 1 aromatic carbocycles. The van der Waals surface area contributed by atoms with Gasteiger partial charge >= 0.3 is 0 Å². The zero-order valence-corrected chi connectivity index (χ0v) is 9.02. The summed E-state index contributed by atoms with van der Waals surface area (Å²) in [6.45, 7) is 0. The molecular weight excluding hydrogens is 182 g/mol. The molecular formula is C14H17N. The topological polar surface area (TPSA) is 23.8 Å². The predicted molar refractivity (Wildman–Crippen MR) is 61.4 cm³/mol. The lowest BCUT2D eigenvalue weighted by atomic mass is 9.83. The highest BCUT2D eigenvalue weighted by Crippen LogP contribution is 2.35. The normalized spacial score (nSPS) is 26.6. The van der Waals surface area contributed by atoms with Crippen LogP contribution in [0.15, 0.2) is 30.3 Å². The number of nitriles is 1. The Morgan fingerprint density at radius 3 is 2.47 bits per heavy atom. The third kappa shape index (κ3) is 2.39. The lowest BCUT2D eigenvalue weighted by Crippen LogP contribution is -2.09. The summed E-state index contributed by atoms with van der Waals surface area (Å²) in [5.41, 5.74) is 1.35.